The number of rotatable bonds is 6. The Kier molecular flexibility index (Phi) is 24.1. The summed E-state index contributed by atoms with van der Waals surface area (Å²) in [7, 11) is 0. The fourth-order valence-electron chi connectivity index (χ4n) is 2.03. The Labute approximate surface area is 316 Å². The van der Waals surface area contributed by atoms with Crippen LogP contribution >= 0.6 is 0 Å². The van der Waals surface area contributed by atoms with Crippen molar-refractivity contribution in [3.8, 4) is 0 Å². The molecule has 0 aliphatic carbocycles. The maximum absolute atomic E-state index is 11.5. The molecule has 41 heavy (non-hydrogen) atoms. The van der Waals surface area contributed by atoms with E-state index in [9.17, 15) is 28.8 Å². The van der Waals surface area contributed by atoms with Gasteiger partial charge in [-0.1, -0.05) is 125 Å². The molecule has 238 valence electrons. The molecule has 0 atom stereocenters. The first-order valence-electron chi connectivity index (χ1n) is 13.8. The summed E-state index contributed by atoms with van der Waals surface area (Å²) in [6.45, 7) is 33.1. The van der Waals surface area contributed by atoms with Gasteiger partial charge in [0.05, 0.1) is 19.3 Å². The van der Waals surface area contributed by atoms with Gasteiger partial charge in [-0.15, -0.1) is 0 Å². The molecule has 0 aliphatic rings. The SMILES string of the molecule is CC(C)(C)C(=O)CC(=O)C(C)(C)C.CC(C)(C)C(=O)CC(=O)C(C)(C)C.CC(C)(C)C(=O)CC(=O)C(C)(C)C.[Gd+3].[Gd+3]. The molecule has 6 nitrogen and oxygen atoms in total. The van der Waals surface area contributed by atoms with Crippen LogP contribution in [0.1, 0.15) is 144 Å². The molecule has 0 saturated heterocycles. The van der Waals surface area contributed by atoms with Gasteiger partial charge in [-0.2, -0.15) is 0 Å². The first kappa shape index (κ1) is 51.3. The summed E-state index contributed by atoms with van der Waals surface area (Å²) in [5.41, 5.74) is -2.41. The van der Waals surface area contributed by atoms with Crippen molar-refractivity contribution >= 4 is 34.7 Å². The molecule has 0 spiro atoms. The summed E-state index contributed by atoms with van der Waals surface area (Å²) < 4.78 is 0. The van der Waals surface area contributed by atoms with Gasteiger partial charge in [0.25, 0.3) is 0 Å². The van der Waals surface area contributed by atoms with Crippen LogP contribution in [0.25, 0.3) is 0 Å². The van der Waals surface area contributed by atoms with E-state index in [1.807, 2.05) is 125 Å². The quantitative estimate of drug-likeness (QED) is 0.253. The number of ketones is 6. The van der Waals surface area contributed by atoms with Crippen molar-refractivity contribution in [2.24, 2.45) is 32.5 Å². The van der Waals surface area contributed by atoms with Gasteiger partial charge in [0.15, 0.2) is 0 Å². The van der Waals surface area contributed by atoms with E-state index < -0.39 is 32.5 Å². The second kappa shape index (κ2) is 19.2. The molecule has 0 saturated carbocycles. The number of Topliss-reactive ketones (excluding diaryl/α,β-unsaturated/α-hetero) is 6. The Bertz CT molecular complexity index is 698. The summed E-state index contributed by atoms with van der Waals surface area (Å²) in [6, 6.07) is 0. The van der Waals surface area contributed by atoms with Crippen LogP contribution in [0.4, 0.5) is 0 Å². The summed E-state index contributed by atoms with van der Waals surface area (Å²) in [5.74, 6) is 0.125. The summed E-state index contributed by atoms with van der Waals surface area (Å²) in [4.78, 5) is 69.0. The minimum atomic E-state index is -0.402. The largest absolute Gasteiger partial charge is 3.00 e. The minimum absolute atomic E-state index is 0. The Balaban J connectivity index is -0.000000154. The molecule has 0 aliphatic heterocycles. The van der Waals surface area contributed by atoms with Crippen molar-refractivity contribution in [1.82, 2.24) is 0 Å². The van der Waals surface area contributed by atoms with Crippen LogP contribution in [0.2, 0.25) is 0 Å². The average Bonchev–Trinajstić information content (AvgIpc) is 2.64. The molecule has 0 unspecified atom stereocenters. The number of carbonyl (C=O) groups excluding carboxylic acids is 6. The zero-order chi connectivity index (χ0) is 32.6. The summed E-state index contributed by atoms with van der Waals surface area (Å²) >= 11 is 0. The predicted octanol–water partition coefficient (Wildman–Crippen LogP) is 7.82. The Morgan fingerprint density at radius 2 is 0.341 bits per heavy atom. The zero-order valence-corrected chi connectivity index (χ0v) is 33.8. The van der Waals surface area contributed by atoms with Crippen LogP contribution in [0.15, 0.2) is 0 Å². The third-order valence-corrected chi connectivity index (χ3v) is 5.98. The van der Waals surface area contributed by atoms with E-state index in [4.69, 9.17) is 0 Å². The summed E-state index contributed by atoms with van der Waals surface area (Å²) in [5, 5.41) is 0. The number of carbonyl (C=O) groups is 6. The second-order valence-corrected chi connectivity index (χ2v) is 16.6. The van der Waals surface area contributed by atoms with Gasteiger partial charge in [-0.25, -0.2) is 0 Å². The van der Waals surface area contributed by atoms with Crippen LogP contribution < -0.4 is 0 Å². The molecule has 0 fully saturated rings. The molecule has 2 radical (unpaired) electrons. The van der Waals surface area contributed by atoms with Gasteiger partial charge >= 0.3 is 79.9 Å². The predicted molar refractivity (Wildman–Crippen MR) is 161 cm³/mol. The fourth-order valence-corrected chi connectivity index (χ4v) is 2.03. The maximum atomic E-state index is 11.5. The Morgan fingerprint density at radius 1 is 0.268 bits per heavy atom. The standard InChI is InChI=1S/3C11H20O2.2Gd/c3*1-10(2,3)8(12)7-9(13)11(4,5)6;;/h3*7H2,1-6H3;;/q;;;2*+3. The zero-order valence-electron chi connectivity index (χ0n) is 29.3. The van der Waals surface area contributed by atoms with Crippen LogP contribution in [-0.2, 0) is 28.8 Å². The third kappa shape index (κ3) is 25.7. The van der Waals surface area contributed by atoms with Crippen molar-refractivity contribution in [3.05, 3.63) is 0 Å². The minimum Gasteiger partial charge on any atom is -0.299 e. The van der Waals surface area contributed by atoms with Gasteiger partial charge in [0, 0.05) is 32.5 Å². The van der Waals surface area contributed by atoms with E-state index in [0.29, 0.717) is 0 Å². The Morgan fingerprint density at radius 3 is 0.390 bits per heavy atom. The van der Waals surface area contributed by atoms with Gasteiger partial charge in [-0.3, -0.25) is 28.8 Å². The van der Waals surface area contributed by atoms with Crippen molar-refractivity contribution < 1.29 is 109 Å². The van der Waals surface area contributed by atoms with E-state index >= 15 is 0 Å². The van der Waals surface area contributed by atoms with E-state index in [0.717, 1.165) is 0 Å². The monoisotopic (exact) mass is 868 g/mol. The van der Waals surface area contributed by atoms with Crippen LogP contribution in [0.3, 0.4) is 0 Å². The Hall–Kier alpha value is 0.669. The normalized spacial score (nSPS) is 12.1. The molecule has 0 heterocycles. The van der Waals surface area contributed by atoms with Gasteiger partial charge in [-0.05, 0) is 0 Å². The van der Waals surface area contributed by atoms with Gasteiger partial charge in [0.2, 0.25) is 0 Å². The molecule has 0 N–H and O–H groups in total. The van der Waals surface area contributed by atoms with Gasteiger partial charge in [0.1, 0.15) is 34.7 Å². The molecular weight excluding hydrogens is 807 g/mol. The van der Waals surface area contributed by atoms with E-state index in [-0.39, 0.29) is 134 Å². The molecule has 0 bridgehead atoms. The maximum Gasteiger partial charge on any atom is 3.00 e. The van der Waals surface area contributed by atoms with Gasteiger partial charge < -0.3 is 0 Å². The van der Waals surface area contributed by atoms with Crippen molar-refractivity contribution in [1.29, 1.82) is 0 Å². The second-order valence-electron chi connectivity index (χ2n) is 16.6. The van der Waals surface area contributed by atoms with Crippen molar-refractivity contribution in [2.45, 2.75) is 144 Å². The van der Waals surface area contributed by atoms with Crippen molar-refractivity contribution in [2.75, 3.05) is 0 Å². The fraction of sp³-hybridized carbons (Fsp3) is 0.818. The van der Waals surface area contributed by atoms with Crippen LogP contribution in [-0.4, -0.2) is 34.7 Å². The average molecular weight is 867 g/mol. The summed E-state index contributed by atoms with van der Waals surface area (Å²) in [6.07, 6.45) is 0.187. The molecule has 0 aromatic rings. The molecule has 0 aromatic heterocycles. The molecular formula is C33H60Gd2O6+6. The number of hydrogen-bond acceptors (Lipinski definition) is 6. The van der Waals surface area contributed by atoms with E-state index in [2.05, 4.69) is 0 Å². The molecule has 8 heteroatoms. The van der Waals surface area contributed by atoms with Crippen LogP contribution in [0.5, 0.6) is 0 Å². The third-order valence-electron chi connectivity index (χ3n) is 5.98. The van der Waals surface area contributed by atoms with E-state index in [1.165, 1.54) is 0 Å². The molecule has 0 amide bonds. The topological polar surface area (TPSA) is 102 Å². The van der Waals surface area contributed by atoms with Crippen LogP contribution in [0, 0.1) is 112 Å². The molecule has 0 aromatic carbocycles. The smallest absolute Gasteiger partial charge is 0.299 e. The van der Waals surface area contributed by atoms with E-state index in [1.54, 1.807) is 0 Å². The number of hydrogen-bond donors (Lipinski definition) is 0. The first-order chi connectivity index (χ1) is 16.6. The first-order valence-corrected chi connectivity index (χ1v) is 13.8. The molecule has 0 rings (SSSR count). The van der Waals surface area contributed by atoms with Crippen molar-refractivity contribution in [3.63, 3.8) is 0 Å².